The number of hydrogen-bond donors (Lipinski definition) is 4. The van der Waals surface area contributed by atoms with Gasteiger partial charge in [0, 0.05) is 18.7 Å². The molecule has 62 heavy (non-hydrogen) atoms. The number of fused-ring (bicyclic) bond motifs is 5. The summed E-state index contributed by atoms with van der Waals surface area (Å²) in [4.78, 5) is 73.7. The number of carbonyl (C=O) groups excluding carboxylic acids is 4. The number of nitrogens with zero attached hydrogens (tertiary/aromatic N) is 4. The van der Waals surface area contributed by atoms with Gasteiger partial charge in [0.15, 0.2) is 0 Å². The minimum Gasteiger partial charge on any atom is -0.453 e. The lowest BCUT2D eigenvalue weighted by Gasteiger charge is -2.40. The molecular weight excluding hydrogens is 785 g/mol. The molecule has 0 spiro atoms. The van der Waals surface area contributed by atoms with Crippen LogP contribution in [0.25, 0.3) is 33.6 Å². The summed E-state index contributed by atoms with van der Waals surface area (Å²) in [5, 5.41) is 5.56. The number of piperidine rings is 2. The van der Waals surface area contributed by atoms with E-state index in [1.54, 1.807) is 0 Å². The van der Waals surface area contributed by atoms with Gasteiger partial charge in [0.05, 0.1) is 38.0 Å². The number of carbonyl (C=O) groups is 4. The van der Waals surface area contributed by atoms with E-state index in [1.807, 2.05) is 49.9 Å². The molecule has 0 radical (unpaired) electrons. The summed E-state index contributed by atoms with van der Waals surface area (Å²) in [5.74, 6) is 2.03. The van der Waals surface area contributed by atoms with Crippen molar-refractivity contribution in [2.45, 2.75) is 115 Å². The smallest absolute Gasteiger partial charge is 0.407 e. The van der Waals surface area contributed by atoms with Crippen LogP contribution in [0.5, 0.6) is 0 Å². The zero-order valence-corrected chi connectivity index (χ0v) is 36.8. The number of methoxy groups -OCH3 is 2. The van der Waals surface area contributed by atoms with Crippen molar-refractivity contribution in [3.8, 4) is 33.6 Å². The van der Waals surface area contributed by atoms with Crippen LogP contribution < -0.4 is 10.6 Å². The molecule has 2 aromatic heterocycles. The van der Waals surface area contributed by atoms with E-state index >= 15 is 0 Å². The molecule has 14 heteroatoms. The van der Waals surface area contributed by atoms with Crippen LogP contribution in [0, 0.1) is 23.7 Å². The maximum Gasteiger partial charge on any atom is 0.407 e. The number of aromatic amines is 2. The van der Waals surface area contributed by atoms with E-state index in [9.17, 15) is 19.2 Å². The quantitative estimate of drug-likeness (QED) is 0.120. The van der Waals surface area contributed by atoms with Gasteiger partial charge < -0.3 is 39.9 Å². The normalized spacial score (nSPS) is 24.6. The fraction of sp³-hybridized carbons (Fsp3) is 0.542. The van der Waals surface area contributed by atoms with Gasteiger partial charge in [0.25, 0.3) is 0 Å². The molecule has 6 atom stereocenters. The van der Waals surface area contributed by atoms with E-state index in [-0.39, 0.29) is 23.7 Å². The first-order chi connectivity index (χ1) is 29.8. The number of nitrogens with one attached hydrogen (secondary N) is 4. The molecule has 5 aliphatic rings. The standard InChI is InChI=1S/C48H60N8O6/c1-27(2)39(53-45(59)61-5)41(57)55-25-29-17-19-47(55,21-29)43-49-23-37(51-43)32-13-11-31(12-14-32)33-15-16-36(35-10-8-7-9-34(33)35)38-24-50-44(52-38)48-20-18-30(22-48)26-56(48)42(58)40(28(3)4)54-46(60)62-6/h11-16,23-24,27-30,39-40H,7-10,17-22,25-26H2,1-6H3,(H,49,51)(H,50,52)(H,53,59)(H,54,60)/t29-,30-,39-,40-,47?,48+/m0/s1. The molecule has 3 aliphatic carbocycles. The molecule has 4 heterocycles. The Morgan fingerprint density at radius 1 is 0.661 bits per heavy atom. The van der Waals surface area contributed by atoms with E-state index in [1.165, 1.54) is 30.9 Å². The van der Waals surface area contributed by atoms with Crippen molar-refractivity contribution in [1.82, 2.24) is 40.4 Å². The third-order valence-corrected chi connectivity index (χ3v) is 14.8. The highest BCUT2D eigenvalue weighted by Crippen LogP contribution is 2.54. The van der Waals surface area contributed by atoms with Gasteiger partial charge in [-0.3, -0.25) is 9.59 Å². The van der Waals surface area contributed by atoms with Crippen LogP contribution in [-0.4, -0.2) is 93.1 Å². The Morgan fingerprint density at radius 3 is 1.60 bits per heavy atom. The average Bonchev–Trinajstić information content (AvgIpc) is 4.16. The molecule has 4 fully saturated rings. The number of ether oxygens (including phenoxy) is 2. The molecule has 328 valence electrons. The van der Waals surface area contributed by atoms with Gasteiger partial charge in [-0.25, -0.2) is 19.6 Å². The minimum absolute atomic E-state index is 0.0865. The highest BCUT2D eigenvalue weighted by Gasteiger charge is 2.58. The summed E-state index contributed by atoms with van der Waals surface area (Å²) >= 11 is 0. The highest BCUT2D eigenvalue weighted by atomic mass is 16.5. The Kier molecular flexibility index (Phi) is 10.9. The zero-order chi connectivity index (χ0) is 43.5. The second kappa shape index (κ2) is 16.2. The van der Waals surface area contributed by atoms with Crippen LogP contribution in [0.15, 0.2) is 48.8 Å². The van der Waals surface area contributed by atoms with Gasteiger partial charge >= 0.3 is 12.2 Å². The topological polar surface area (TPSA) is 175 Å². The molecular formula is C48H60N8O6. The van der Waals surface area contributed by atoms with Crippen molar-refractivity contribution in [3.63, 3.8) is 0 Å². The molecule has 2 saturated carbocycles. The second-order valence-corrected chi connectivity index (χ2v) is 19.1. The first-order valence-electron chi connectivity index (χ1n) is 22.5. The number of aromatic nitrogens is 4. The number of amides is 4. The van der Waals surface area contributed by atoms with Crippen LogP contribution in [0.1, 0.15) is 102 Å². The second-order valence-electron chi connectivity index (χ2n) is 19.1. The van der Waals surface area contributed by atoms with Crippen LogP contribution in [0.3, 0.4) is 0 Å². The number of hydrogen-bond acceptors (Lipinski definition) is 8. The summed E-state index contributed by atoms with van der Waals surface area (Å²) in [6.45, 7) is 9.06. The summed E-state index contributed by atoms with van der Waals surface area (Å²) in [6.07, 6.45) is 12.3. The first-order valence-corrected chi connectivity index (χ1v) is 22.5. The number of benzene rings is 2. The molecule has 4 N–H and O–H groups in total. The summed E-state index contributed by atoms with van der Waals surface area (Å²) in [5.41, 5.74) is 8.09. The Labute approximate surface area is 363 Å². The van der Waals surface area contributed by atoms with Gasteiger partial charge in [-0.05, 0) is 116 Å². The minimum atomic E-state index is -0.686. The third kappa shape index (κ3) is 7.03. The van der Waals surface area contributed by atoms with Crippen molar-refractivity contribution in [1.29, 1.82) is 0 Å². The predicted molar refractivity (Wildman–Crippen MR) is 233 cm³/mol. The largest absolute Gasteiger partial charge is 0.453 e. The number of alkyl carbamates (subject to hydrolysis) is 2. The number of H-pyrrole nitrogens is 2. The van der Waals surface area contributed by atoms with Gasteiger partial charge in [-0.1, -0.05) is 64.1 Å². The Balaban J connectivity index is 0.958. The van der Waals surface area contributed by atoms with E-state index < -0.39 is 35.3 Å². The van der Waals surface area contributed by atoms with Gasteiger partial charge in [0.2, 0.25) is 11.8 Å². The number of imidazole rings is 2. The molecule has 14 nitrogen and oxygen atoms in total. The maximum absolute atomic E-state index is 14.1. The first kappa shape index (κ1) is 41.7. The van der Waals surface area contributed by atoms with Crippen molar-refractivity contribution >= 4 is 24.0 Å². The monoisotopic (exact) mass is 844 g/mol. The van der Waals surface area contributed by atoms with E-state index in [2.05, 4.69) is 57.0 Å². The fourth-order valence-electron chi connectivity index (χ4n) is 11.6. The Hall–Kier alpha value is -5.66. The molecule has 4 amide bonds. The van der Waals surface area contributed by atoms with Crippen LogP contribution >= 0.6 is 0 Å². The highest BCUT2D eigenvalue weighted by molar-refractivity contribution is 5.88. The van der Waals surface area contributed by atoms with E-state index in [4.69, 9.17) is 19.4 Å². The summed E-state index contributed by atoms with van der Waals surface area (Å²) in [6, 6.07) is 11.8. The SMILES string of the molecule is COC(=O)N[C@H](C(=O)N1C[C@H]2CCC1(c1ncc(-c3ccc(-c4ccc(-c5cnc([C@]67CC[C@H](CN6C(=O)[C@@H](NC(=O)OC)C(C)C)C7)[nH]5)c5c4CCCC5)cc3)[nH]1)C2)C(C)C. The van der Waals surface area contributed by atoms with Gasteiger partial charge in [-0.2, -0.15) is 0 Å². The summed E-state index contributed by atoms with van der Waals surface area (Å²) in [7, 11) is 2.63. The lowest BCUT2D eigenvalue weighted by molar-refractivity contribution is -0.141. The summed E-state index contributed by atoms with van der Waals surface area (Å²) < 4.78 is 9.71. The van der Waals surface area contributed by atoms with Crippen molar-refractivity contribution < 1.29 is 28.7 Å². The van der Waals surface area contributed by atoms with Gasteiger partial charge in [-0.15, -0.1) is 0 Å². The third-order valence-electron chi connectivity index (χ3n) is 14.8. The Bertz CT molecular complexity index is 2370. The molecule has 4 aromatic rings. The fourth-order valence-corrected chi connectivity index (χ4v) is 11.6. The van der Waals surface area contributed by atoms with Crippen LogP contribution in [-0.2, 0) is 43.0 Å². The van der Waals surface area contributed by atoms with Crippen LogP contribution in [0.4, 0.5) is 9.59 Å². The van der Waals surface area contributed by atoms with Crippen molar-refractivity contribution in [2.24, 2.45) is 23.7 Å². The maximum atomic E-state index is 14.1. The molecule has 2 aliphatic heterocycles. The van der Waals surface area contributed by atoms with E-state index in [0.717, 1.165) is 104 Å². The van der Waals surface area contributed by atoms with Gasteiger partial charge in [0.1, 0.15) is 34.8 Å². The number of likely N-dealkylation sites (tertiary alicyclic amines) is 2. The lowest BCUT2D eigenvalue weighted by Crippen LogP contribution is -2.56. The van der Waals surface area contributed by atoms with Crippen molar-refractivity contribution in [2.75, 3.05) is 27.3 Å². The average molecular weight is 845 g/mol. The molecule has 2 aromatic carbocycles. The number of rotatable bonds is 11. The molecule has 1 unspecified atom stereocenters. The Morgan fingerprint density at radius 2 is 1.11 bits per heavy atom. The lowest BCUT2D eigenvalue weighted by atomic mass is 9.82. The molecule has 4 bridgehead atoms. The van der Waals surface area contributed by atoms with E-state index in [0.29, 0.717) is 24.9 Å². The predicted octanol–water partition coefficient (Wildman–Crippen LogP) is 7.45. The zero-order valence-electron chi connectivity index (χ0n) is 36.8. The molecule has 2 saturated heterocycles. The molecule has 9 rings (SSSR count). The van der Waals surface area contributed by atoms with Crippen LogP contribution in [0.2, 0.25) is 0 Å². The van der Waals surface area contributed by atoms with Crippen molar-refractivity contribution in [3.05, 3.63) is 71.6 Å².